The number of carbonyl (C=O) groups excluding carboxylic acids is 1. The van der Waals surface area contributed by atoms with Gasteiger partial charge in [-0.25, -0.2) is 0 Å². The quantitative estimate of drug-likeness (QED) is 0.534. The summed E-state index contributed by atoms with van der Waals surface area (Å²) in [5.74, 6) is 0. The minimum Gasteiger partial charge on any atom is -0.327 e. The van der Waals surface area contributed by atoms with Crippen molar-refractivity contribution in [2.45, 2.75) is 18.9 Å². The molecule has 2 N–H and O–H groups in total. The molecule has 0 aromatic carbocycles. The van der Waals surface area contributed by atoms with Gasteiger partial charge in [-0.2, -0.15) is 0 Å². The Kier molecular flexibility index (Phi) is 2.83. The van der Waals surface area contributed by atoms with E-state index in [1.807, 2.05) is 0 Å². The summed E-state index contributed by atoms with van der Waals surface area (Å²) < 4.78 is 0. The maximum absolute atomic E-state index is 10.1. The fourth-order valence-corrected chi connectivity index (χ4v) is 1.36. The second-order valence-corrected chi connectivity index (χ2v) is 2.83. The molecule has 0 spiro atoms. The number of piperidine rings is 1. The Hall–Kier alpha value is -0.410. The van der Waals surface area contributed by atoms with Crippen LogP contribution in [0, 0.1) is 0 Å². The van der Waals surface area contributed by atoms with E-state index in [0.717, 1.165) is 32.2 Å². The normalized spacial score (nSPS) is 28.3. The van der Waals surface area contributed by atoms with Crippen molar-refractivity contribution in [3.8, 4) is 0 Å². The predicted octanol–water partition coefficient (Wildman–Crippen LogP) is -0.392. The fourth-order valence-electron chi connectivity index (χ4n) is 1.36. The Bertz CT molecular complexity index is 116. The number of aldehydes is 1. The number of hydrogen-bond acceptors (Lipinski definition) is 3. The highest BCUT2D eigenvalue weighted by Crippen LogP contribution is 2.06. The third-order valence-electron chi connectivity index (χ3n) is 1.87. The summed E-state index contributed by atoms with van der Waals surface area (Å²) in [5.41, 5.74) is 5.70. The van der Waals surface area contributed by atoms with Gasteiger partial charge in [0.25, 0.3) is 0 Å². The molecule has 0 amide bonds. The maximum atomic E-state index is 10.1. The van der Waals surface area contributed by atoms with E-state index in [1.54, 1.807) is 0 Å². The summed E-state index contributed by atoms with van der Waals surface area (Å²) in [6.45, 7) is 2.47. The summed E-state index contributed by atoms with van der Waals surface area (Å²) >= 11 is 0. The third-order valence-corrected chi connectivity index (χ3v) is 1.87. The van der Waals surface area contributed by atoms with Crippen LogP contribution in [-0.4, -0.2) is 36.9 Å². The first-order valence-corrected chi connectivity index (χ1v) is 3.74. The Morgan fingerprint density at radius 3 is 3.10 bits per heavy atom. The minimum absolute atomic E-state index is 0.286. The Balaban J connectivity index is 2.24. The van der Waals surface area contributed by atoms with Gasteiger partial charge in [0, 0.05) is 12.6 Å². The highest BCUT2D eigenvalue weighted by Gasteiger charge is 2.14. The Morgan fingerprint density at radius 2 is 2.50 bits per heavy atom. The van der Waals surface area contributed by atoms with Crippen LogP contribution in [0.25, 0.3) is 0 Å². The van der Waals surface area contributed by atoms with Crippen LogP contribution in [-0.2, 0) is 4.79 Å². The molecular weight excluding hydrogens is 128 g/mol. The molecule has 1 heterocycles. The summed E-state index contributed by atoms with van der Waals surface area (Å²) in [6, 6.07) is 0.286. The van der Waals surface area contributed by atoms with Gasteiger partial charge in [0.05, 0.1) is 6.54 Å². The molecule has 0 radical (unpaired) electrons. The van der Waals surface area contributed by atoms with Crippen LogP contribution in [0.5, 0.6) is 0 Å². The average Bonchev–Trinajstić information content (AvgIpc) is 1.88. The first-order valence-electron chi connectivity index (χ1n) is 3.74. The molecular formula is C7H14N2O. The summed E-state index contributed by atoms with van der Waals surface area (Å²) in [5, 5.41) is 0. The van der Waals surface area contributed by atoms with Gasteiger partial charge in [-0.1, -0.05) is 0 Å². The molecule has 1 aliphatic rings. The van der Waals surface area contributed by atoms with Gasteiger partial charge in [-0.05, 0) is 19.4 Å². The fraction of sp³-hybridized carbons (Fsp3) is 0.857. The Labute approximate surface area is 61.2 Å². The summed E-state index contributed by atoms with van der Waals surface area (Å²) in [7, 11) is 0. The first-order chi connectivity index (χ1) is 4.83. The molecule has 58 valence electrons. The largest absolute Gasteiger partial charge is 0.327 e. The molecule has 1 atom stereocenters. The van der Waals surface area contributed by atoms with Gasteiger partial charge >= 0.3 is 0 Å². The lowest BCUT2D eigenvalue weighted by Crippen LogP contribution is -2.43. The summed E-state index contributed by atoms with van der Waals surface area (Å²) in [4.78, 5) is 12.2. The van der Waals surface area contributed by atoms with Crippen LogP contribution in [0.15, 0.2) is 0 Å². The van der Waals surface area contributed by atoms with Crippen molar-refractivity contribution >= 4 is 6.29 Å². The summed E-state index contributed by atoms with van der Waals surface area (Å²) in [6.07, 6.45) is 3.18. The van der Waals surface area contributed by atoms with Crippen LogP contribution >= 0.6 is 0 Å². The van der Waals surface area contributed by atoms with Crippen LogP contribution in [0.4, 0.5) is 0 Å². The SMILES string of the molecule is NC1CCCN(CC=O)C1. The molecule has 0 saturated carbocycles. The zero-order chi connectivity index (χ0) is 7.40. The molecule has 1 saturated heterocycles. The lowest BCUT2D eigenvalue weighted by molar-refractivity contribution is -0.109. The molecule has 0 aromatic rings. The zero-order valence-electron chi connectivity index (χ0n) is 6.12. The van der Waals surface area contributed by atoms with E-state index in [4.69, 9.17) is 5.73 Å². The topological polar surface area (TPSA) is 46.3 Å². The molecule has 3 nitrogen and oxygen atoms in total. The second kappa shape index (κ2) is 3.68. The molecule has 0 aromatic heterocycles. The zero-order valence-corrected chi connectivity index (χ0v) is 6.12. The molecule has 0 bridgehead atoms. The molecule has 1 fully saturated rings. The van der Waals surface area contributed by atoms with Gasteiger partial charge in [0.15, 0.2) is 0 Å². The van der Waals surface area contributed by atoms with E-state index >= 15 is 0 Å². The lowest BCUT2D eigenvalue weighted by Gasteiger charge is -2.28. The van der Waals surface area contributed by atoms with Crippen molar-refractivity contribution in [2.24, 2.45) is 5.73 Å². The van der Waals surface area contributed by atoms with Crippen molar-refractivity contribution in [2.75, 3.05) is 19.6 Å². The second-order valence-electron chi connectivity index (χ2n) is 2.83. The number of nitrogens with two attached hydrogens (primary N) is 1. The minimum atomic E-state index is 0.286. The van der Waals surface area contributed by atoms with E-state index in [2.05, 4.69) is 4.90 Å². The third kappa shape index (κ3) is 2.08. The van der Waals surface area contributed by atoms with Gasteiger partial charge in [0.2, 0.25) is 0 Å². The van der Waals surface area contributed by atoms with Crippen LogP contribution in [0.1, 0.15) is 12.8 Å². The van der Waals surface area contributed by atoms with Gasteiger partial charge < -0.3 is 10.5 Å². The predicted molar refractivity (Wildman–Crippen MR) is 39.7 cm³/mol. The van der Waals surface area contributed by atoms with Crippen LogP contribution < -0.4 is 5.73 Å². The van der Waals surface area contributed by atoms with Crippen molar-refractivity contribution in [3.05, 3.63) is 0 Å². The van der Waals surface area contributed by atoms with E-state index < -0.39 is 0 Å². The number of likely N-dealkylation sites (tertiary alicyclic amines) is 1. The van der Waals surface area contributed by atoms with Gasteiger partial charge in [0.1, 0.15) is 6.29 Å². The highest BCUT2D eigenvalue weighted by molar-refractivity contribution is 5.51. The van der Waals surface area contributed by atoms with E-state index in [9.17, 15) is 4.79 Å². The average molecular weight is 142 g/mol. The number of carbonyl (C=O) groups is 1. The molecule has 1 unspecified atom stereocenters. The molecule has 10 heavy (non-hydrogen) atoms. The first kappa shape index (κ1) is 7.69. The van der Waals surface area contributed by atoms with E-state index in [-0.39, 0.29) is 6.04 Å². The number of rotatable bonds is 2. The van der Waals surface area contributed by atoms with Gasteiger partial charge in [-0.15, -0.1) is 0 Å². The molecule has 1 rings (SSSR count). The number of hydrogen-bond donors (Lipinski definition) is 1. The van der Waals surface area contributed by atoms with Crippen molar-refractivity contribution < 1.29 is 4.79 Å². The highest BCUT2D eigenvalue weighted by atomic mass is 16.1. The maximum Gasteiger partial charge on any atom is 0.133 e. The monoisotopic (exact) mass is 142 g/mol. The lowest BCUT2D eigenvalue weighted by atomic mass is 10.1. The van der Waals surface area contributed by atoms with E-state index in [1.165, 1.54) is 0 Å². The standard InChI is InChI=1S/C7H14N2O/c8-7-2-1-3-9(6-7)4-5-10/h5,7H,1-4,6,8H2. The van der Waals surface area contributed by atoms with E-state index in [0.29, 0.717) is 6.54 Å². The van der Waals surface area contributed by atoms with Crippen LogP contribution in [0.2, 0.25) is 0 Å². The van der Waals surface area contributed by atoms with Crippen molar-refractivity contribution in [1.29, 1.82) is 0 Å². The van der Waals surface area contributed by atoms with Crippen LogP contribution in [0.3, 0.4) is 0 Å². The van der Waals surface area contributed by atoms with Crippen molar-refractivity contribution in [3.63, 3.8) is 0 Å². The molecule has 3 heteroatoms. The smallest absolute Gasteiger partial charge is 0.133 e. The number of nitrogens with zero attached hydrogens (tertiary/aromatic N) is 1. The molecule has 1 aliphatic heterocycles. The molecule has 0 aliphatic carbocycles. The van der Waals surface area contributed by atoms with Gasteiger partial charge in [-0.3, -0.25) is 4.90 Å². The Morgan fingerprint density at radius 1 is 1.70 bits per heavy atom. The van der Waals surface area contributed by atoms with Crippen molar-refractivity contribution in [1.82, 2.24) is 4.90 Å².